The predicted molar refractivity (Wildman–Crippen MR) is 156 cm³/mol. The molecule has 41 heavy (non-hydrogen) atoms. The molecule has 2 fully saturated rings. The number of ketones is 1. The second-order valence-electron chi connectivity index (χ2n) is 11.4. The minimum atomic E-state index is -1.78. The third kappa shape index (κ3) is 4.86. The van der Waals surface area contributed by atoms with Crippen molar-refractivity contribution < 1.29 is 24.4 Å². The SMILES string of the molecule is Cc1ccccc1C(=O)C1C(c2cccc([N+](=O)[O-])c2)N(C(=O)C2CCCCC2)C(C)(C(=O)O)C1c1sccc1C. The van der Waals surface area contributed by atoms with Gasteiger partial charge < -0.3 is 10.0 Å². The number of nitrogens with zero attached hydrogens (tertiary/aromatic N) is 2. The van der Waals surface area contributed by atoms with Gasteiger partial charge in [0, 0.05) is 34.4 Å². The van der Waals surface area contributed by atoms with Crippen LogP contribution in [0, 0.1) is 35.8 Å². The first-order chi connectivity index (χ1) is 19.6. The number of carboxylic acids is 1. The molecule has 1 saturated carbocycles. The lowest BCUT2D eigenvalue weighted by Gasteiger charge is -2.40. The Hall–Kier alpha value is -3.85. The Morgan fingerprint density at radius 2 is 1.71 bits per heavy atom. The molecule has 1 amide bonds. The number of benzene rings is 2. The minimum Gasteiger partial charge on any atom is -0.479 e. The van der Waals surface area contributed by atoms with Gasteiger partial charge in [0.2, 0.25) is 5.91 Å². The molecule has 0 radical (unpaired) electrons. The molecule has 0 bridgehead atoms. The lowest BCUT2D eigenvalue weighted by atomic mass is 9.73. The number of carboxylic acid groups (broad SMARTS) is 1. The Kier molecular flexibility index (Phi) is 7.83. The summed E-state index contributed by atoms with van der Waals surface area (Å²) in [5.74, 6) is -4.00. The highest BCUT2D eigenvalue weighted by Crippen LogP contribution is 2.59. The van der Waals surface area contributed by atoms with Crippen LogP contribution in [0.2, 0.25) is 0 Å². The fraction of sp³-hybridized carbons (Fsp3) is 0.406. The maximum absolute atomic E-state index is 14.7. The summed E-state index contributed by atoms with van der Waals surface area (Å²) >= 11 is 1.38. The first-order valence-electron chi connectivity index (χ1n) is 14.0. The third-order valence-corrected chi connectivity index (χ3v) is 10.1. The van der Waals surface area contributed by atoms with Crippen LogP contribution in [0.4, 0.5) is 5.69 Å². The zero-order chi connectivity index (χ0) is 29.5. The summed E-state index contributed by atoms with van der Waals surface area (Å²) in [6.45, 7) is 5.27. The van der Waals surface area contributed by atoms with Gasteiger partial charge in [-0.1, -0.05) is 55.7 Å². The van der Waals surface area contributed by atoms with Crippen molar-refractivity contribution in [1.29, 1.82) is 0 Å². The molecule has 8 nitrogen and oxygen atoms in total. The van der Waals surface area contributed by atoms with Crippen LogP contribution in [0.1, 0.15) is 82.9 Å². The van der Waals surface area contributed by atoms with Crippen molar-refractivity contribution in [3.8, 4) is 0 Å². The standard InChI is InChI=1S/C32H34N2O6S/c1-19-10-7-8-15-24(19)28(35)25-26(29-20(2)16-17-41-29)32(3,31(37)38)33(30(36)21-11-5-4-6-12-21)27(25)22-13-9-14-23(18-22)34(39)40/h7-10,13-18,21,25-27H,4-6,11-12H2,1-3H3,(H,37,38). The first kappa shape index (κ1) is 28.7. The molecule has 5 rings (SSSR count). The van der Waals surface area contributed by atoms with Gasteiger partial charge in [0.05, 0.1) is 16.9 Å². The van der Waals surface area contributed by atoms with Gasteiger partial charge in [-0.2, -0.15) is 0 Å². The maximum Gasteiger partial charge on any atom is 0.330 e. The number of likely N-dealkylation sites (tertiary alicyclic amines) is 1. The van der Waals surface area contributed by atoms with Gasteiger partial charge in [-0.3, -0.25) is 19.7 Å². The number of Topliss-reactive ketones (excluding diaryl/α,β-unsaturated/α-hetero) is 1. The first-order valence-corrected chi connectivity index (χ1v) is 14.9. The van der Waals surface area contributed by atoms with E-state index in [1.165, 1.54) is 34.4 Å². The van der Waals surface area contributed by atoms with Crippen LogP contribution in [-0.2, 0) is 9.59 Å². The summed E-state index contributed by atoms with van der Waals surface area (Å²) in [7, 11) is 0. The molecule has 4 unspecified atom stereocenters. The van der Waals surface area contributed by atoms with Crippen LogP contribution in [-0.4, -0.2) is 38.1 Å². The van der Waals surface area contributed by atoms with Gasteiger partial charge in [0.25, 0.3) is 5.69 Å². The Labute approximate surface area is 243 Å². The smallest absolute Gasteiger partial charge is 0.330 e. The van der Waals surface area contributed by atoms with Crippen molar-refractivity contribution in [2.45, 2.75) is 70.4 Å². The molecule has 214 valence electrons. The number of non-ortho nitro benzene ring substituents is 1. The van der Waals surface area contributed by atoms with Crippen LogP contribution in [0.3, 0.4) is 0 Å². The number of aliphatic carboxylic acids is 1. The Balaban J connectivity index is 1.82. The zero-order valence-corrected chi connectivity index (χ0v) is 24.2. The van der Waals surface area contributed by atoms with Gasteiger partial charge in [0.15, 0.2) is 5.78 Å². The lowest BCUT2D eigenvalue weighted by molar-refractivity contribution is -0.385. The van der Waals surface area contributed by atoms with E-state index < -0.39 is 34.3 Å². The molecular formula is C32H34N2O6S. The highest BCUT2D eigenvalue weighted by Gasteiger charge is 2.66. The molecule has 2 aromatic carbocycles. The van der Waals surface area contributed by atoms with Crippen molar-refractivity contribution >= 4 is 34.7 Å². The van der Waals surface area contributed by atoms with Crippen LogP contribution in [0.15, 0.2) is 60.0 Å². The van der Waals surface area contributed by atoms with Crippen molar-refractivity contribution in [3.05, 3.63) is 97.2 Å². The van der Waals surface area contributed by atoms with Crippen molar-refractivity contribution in [1.82, 2.24) is 4.90 Å². The molecule has 1 N–H and O–H groups in total. The van der Waals surface area contributed by atoms with Crippen LogP contribution < -0.4 is 0 Å². The third-order valence-electron chi connectivity index (χ3n) is 9.03. The highest BCUT2D eigenvalue weighted by atomic mass is 32.1. The molecule has 3 aromatic rings. The van der Waals surface area contributed by atoms with Crippen LogP contribution in [0.25, 0.3) is 0 Å². The van der Waals surface area contributed by atoms with E-state index in [0.29, 0.717) is 24.0 Å². The molecule has 1 saturated heterocycles. The van der Waals surface area contributed by atoms with E-state index in [9.17, 15) is 29.6 Å². The molecule has 1 aliphatic carbocycles. The molecule has 1 aliphatic heterocycles. The predicted octanol–water partition coefficient (Wildman–Crippen LogP) is 6.86. The molecule has 0 spiro atoms. The number of rotatable bonds is 7. The highest BCUT2D eigenvalue weighted by molar-refractivity contribution is 7.10. The van der Waals surface area contributed by atoms with E-state index >= 15 is 0 Å². The number of nitro benzene ring substituents is 1. The van der Waals surface area contributed by atoms with Crippen LogP contribution >= 0.6 is 11.3 Å². The average Bonchev–Trinajstić information content (AvgIpc) is 3.51. The maximum atomic E-state index is 14.7. The van der Waals surface area contributed by atoms with E-state index in [0.717, 1.165) is 35.3 Å². The van der Waals surface area contributed by atoms with E-state index in [1.807, 2.05) is 37.4 Å². The summed E-state index contributed by atoms with van der Waals surface area (Å²) in [5, 5.41) is 24.7. The second kappa shape index (κ2) is 11.2. The number of hydrogen-bond donors (Lipinski definition) is 1. The number of thiophene rings is 1. The summed E-state index contributed by atoms with van der Waals surface area (Å²) in [6.07, 6.45) is 4.04. The number of carbonyl (C=O) groups excluding carboxylic acids is 2. The number of hydrogen-bond acceptors (Lipinski definition) is 6. The van der Waals surface area contributed by atoms with E-state index in [1.54, 1.807) is 25.1 Å². The van der Waals surface area contributed by atoms with Crippen LogP contribution in [0.5, 0.6) is 0 Å². The van der Waals surface area contributed by atoms with Gasteiger partial charge in [0.1, 0.15) is 5.54 Å². The molecule has 2 heterocycles. The Morgan fingerprint density at radius 3 is 2.32 bits per heavy atom. The number of nitro groups is 1. The normalized spacial score (nSPS) is 24.8. The monoisotopic (exact) mass is 574 g/mol. The van der Waals surface area contributed by atoms with Gasteiger partial charge >= 0.3 is 5.97 Å². The van der Waals surface area contributed by atoms with E-state index in [2.05, 4.69) is 0 Å². The quantitative estimate of drug-likeness (QED) is 0.187. The lowest BCUT2D eigenvalue weighted by Crippen LogP contribution is -2.55. The van der Waals surface area contributed by atoms with E-state index in [-0.39, 0.29) is 23.3 Å². The fourth-order valence-electron chi connectivity index (χ4n) is 6.90. The van der Waals surface area contributed by atoms with E-state index in [4.69, 9.17) is 0 Å². The van der Waals surface area contributed by atoms with Gasteiger partial charge in [-0.25, -0.2) is 4.79 Å². The summed E-state index contributed by atoms with van der Waals surface area (Å²) in [5.41, 5.74) is 0.474. The second-order valence-corrected chi connectivity index (χ2v) is 12.4. The molecule has 1 aromatic heterocycles. The minimum absolute atomic E-state index is 0.178. The Bertz CT molecular complexity index is 1510. The number of amides is 1. The summed E-state index contributed by atoms with van der Waals surface area (Å²) in [4.78, 5) is 56.1. The summed E-state index contributed by atoms with van der Waals surface area (Å²) in [6, 6.07) is 14.0. The average molecular weight is 575 g/mol. The van der Waals surface area contributed by atoms with Crippen molar-refractivity contribution in [3.63, 3.8) is 0 Å². The fourth-order valence-corrected chi connectivity index (χ4v) is 8.10. The Morgan fingerprint density at radius 1 is 1.00 bits per heavy atom. The van der Waals surface area contributed by atoms with Gasteiger partial charge in [-0.05, 0) is 61.7 Å². The van der Waals surface area contributed by atoms with Crippen molar-refractivity contribution in [2.75, 3.05) is 0 Å². The topological polar surface area (TPSA) is 118 Å². The summed E-state index contributed by atoms with van der Waals surface area (Å²) < 4.78 is 0. The largest absolute Gasteiger partial charge is 0.479 e. The number of aryl methyl sites for hydroxylation is 2. The molecular weight excluding hydrogens is 540 g/mol. The van der Waals surface area contributed by atoms with Crippen molar-refractivity contribution in [2.24, 2.45) is 11.8 Å². The molecule has 9 heteroatoms. The molecule has 2 aliphatic rings. The molecule has 4 atom stereocenters. The van der Waals surface area contributed by atoms with Gasteiger partial charge in [-0.15, -0.1) is 11.3 Å². The zero-order valence-electron chi connectivity index (χ0n) is 23.4. The number of carbonyl (C=O) groups is 3.